The van der Waals surface area contributed by atoms with E-state index in [0.717, 1.165) is 15.6 Å². The molecule has 0 fully saturated rings. The quantitative estimate of drug-likeness (QED) is 0.657. The molecular weight excluding hydrogens is 352 g/mol. The lowest BCUT2D eigenvalue weighted by molar-refractivity contribution is 0.0746. The molecule has 0 bridgehead atoms. The number of aliphatic hydroxyl groups excluding tert-OH is 1. The zero-order valence-corrected chi connectivity index (χ0v) is 13.9. The SMILES string of the molecule is O=C(c1cccc(-c2ccccc2)c1)[C@@H](O)c1ccccc1Br. The molecular formula is C20H15BrO2. The lowest BCUT2D eigenvalue weighted by Gasteiger charge is -2.12. The van der Waals surface area contributed by atoms with Gasteiger partial charge in [0.15, 0.2) is 5.78 Å². The Kier molecular flexibility index (Phi) is 4.70. The number of carbonyl (C=O) groups excluding carboxylic acids is 1. The van der Waals surface area contributed by atoms with Crippen LogP contribution in [-0.2, 0) is 0 Å². The van der Waals surface area contributed by atoms with Gasteiger partial charge in [0.05, 0.1) is 0 Å². The standard InChI is InChI=1S/C20H15BrO2/c21-18-12-5-4-11-17(18)20(23)19(22)16-10-6-9-15(13-16)14-7-2-1-3-8-14/h1-13,20,23H/t20-/m0/s1. The molecule has 114 valence electrons. The summed E-state index contributed by atoms with van der Waals surface area (Å²) in [6.07, 6.45) is -1.18. The molecule has 3 heteroatoms. The van der Waals surface area contributed by atoms with Crippen LogP contribution in [0.5, 0.6) is 0 Å². The molecule has 0 heterocycles. The lowest BCUT2D eigenvalue weighted by atomic mass is 9.96. The second-order valence-corrected chi connectivity index (χ2v) is 6.09. The van der Waals surface area contributed by atoms with Gasteiger partial charge in [-0.25, -0.2) is 0 Å². The van der Waals surface area contributed by atoms with Crippen molar-refractivity contribution in [2.75, 3.05) is 0 Å². The number of rotatable bonds is 4. The number of aliphatic hydroxyl groups is 1. The summed E-state index contributed by atoms with van der Waals surface area (Å²) in [4.78, 5) is 12.6. The van der Waals surface area contributed by atoms with Gasteiger partial charge in [-0.2, -0.15) is 0 Å². The van der Waals surface area contributed by atoms with E-state index in [0.29, 0.717) is 11.1 Å². The molecule has 0 saturated carbocycles. The maximum absolute atomic E-state index is 12.6. The smallest absolute Gasteiger partial charge is 0.195 e. The van der Waals surface area contributed by atoms with Crippen molar-refractivity contribution in [2.24, 2.45) is 0 Å². The Morgan fingerprint density at radius 3 is 2.22 bits per heavy atom. The van der Waals surface area contributed by atoms with Gasteiger partial charge in [0.2, 0.25) is 0 Å². The average Bonchev–Trinajstić information content (AvgIpc) is 2.62. The highest BCUT2D eigenvalue weighted by atomic mass is 79.9. The van der Waals surface area contributed by atoms with Gasteiger partial charge in [-0.05, 0) is 23.3 Å². The molecule has 1 atom stereocenters. The number of benzene rings is 3. The van der Waals surface area contributed by atoms with Gasteiger partial charge < -0.3 is 5.11 Å². The molecule has 0 saturated heterocycles. The monoisotopic (exact) mass is 366 g/mol. The third-order valence-corrected chi connectivity index (χ3v) is 4.42. The van der Waals surface area contributed by atoms with Crippen LogP contribution in [0.2, 0.25) is 0 Å². The fourth-order valence-electron chi connectivity index (χ4n) is 2.48. The Balaban J connectivity index is 1.93. The number of Topliss-reactive ketones (excluding diaryl/α,β-unsaturated/α-hetero) is 1. The Morgan fingerprint density at radius 2 is 1.48 bits per heavy atom. The molecule has 0 aliphatic rings. The van der Waals surface area contributed by atoms with Crippen molar-refractivity contribution in [3.8, 4) is 11.1 Å². The van der Waals surface area contributed by atoms with Gasteiger partial charge in [0.25, 0.3) is 0 Å². The van der Waals surface area contributed by atoms with E-state index in [-0.39, 0.29) is 5.78 Å². The minimum absolute atomic E-state index is 0.310. The summed E-state index contributed by atoms with van der Waals surface area (Å²) in [7, 11) is 0. The Bertz CT molecular complexity index is 828. The molecule has 1 N–H and O–H groups in total. The fourth-order valence-corrected chi connectivity index (χ4v) is 2.98. The largest absolute Gasteiger partial charge is 0.380 e. The summed E-state index contributed by atoms with van der Waals surface area (Å²) in [5.74, 6) is -0.310. The summed E-state index contributed by atoms with van der Waals surface area (Å²) < 4.78 is 0.722. The summed E-state index contributed by atoms with van der Waals surface area (Å²) >= 11 is 3.38. The number of hydrogen-bond acceptors (Lipinski definition) is 2. The number of carbonyl (C=O) groups is 1. The van der Waals surface area contributed by atoms with E-state index in [4.69, 9.17) is 0 Å². The molecule has 0 aliphatic carbocycles. The van der Waals surface area contributed by atoms with Crippen LogP contribution in [0.4, 0.5) is 0 Å². The van der Waals surface area contributed by atoms with Gasteiger partial charge in [0.1, 0.15) is 6.10 Å². The van der Waals surface area contributed by atoms with Gasteiger partial charge >= 0.3 is 0 Å². The van der Waals surface area contributed by atoms with Crippen molar-refractivity contribution in [3.63, 3.8) is 0 Å². The third kappa shape index (κ3) is 3.41. The van der Waals surface area contributed by atoms with Crippen molar-refractivity contribution in [3.05, 3.63) is 94.5 Å². The lowest BCUT2D eigenvalue weighted by Crippen LogP contribution is -2.12. The van der Waals surface area contributed by atoms with Crippen molar-refractivity contribution in [2.45, 2.75) is 6.10 Å². The number of ketones is 1. The molecule has 3 aromatic carbocycles. The van der Waals surface area contributed by atoms with Crippen molar-refractivity contribution in [1.29, 1.82) is 0 Å². The van der Waals surface area contributed by atoms with Gasteiger partial charge in [-0.3, -0.25) is 4.79 Å². The highest BCUT2D eigenvalue weighted by Gasteiger charge is 2.21. The topological polar surface area (TPSA) is 37.3 Å². The molecule has 0 spiro atoms. The summed E-state index contributed by atoms with van der Waals surface area (Å²) in [6.45, 7) is 0. The van der Waals surface area contributed by atoms with Crippen LogP contribution in [0, 0.1) is 0 Å². The van der Waals surface area contributed by atoms with Gasteiger partial charge in [-0.1, -0.05) is 82.7 Å². The molecule has 0 unspecified atom stereocenters. The molecule has 0 aliphatic heterocycles. The Hall–Kier alpha value is -2.23. The van der Waals surface area contributed by atoms with Crippen LogP contribution >= 0.6 is 15.9 Å². The van der Waals surface area contributed by atoms with Gasteiger partial charge in [0, 0.05) is 15.6 Å². The zero-order chi connectivity index (χ0) is 16.2. The van der Waals surface area contributed by atoms with E-state index < -0.39 is 6.10 Å². The maximum Gasteiger partial charge on any atom is 0.195 e. The van der Waals surface area contributed by atoms with E-state index in [2.05, 4.69) is 15.9 Å². The second kappa shape index (κ2) is 6.90. The first kappa shape index (κ1) is 15.7. The molecule has 0 aromatic heterocycles. The van der Waals surface area contributed by atoms with Crippen molar-refractivity contribution in [1.82, 2.24) is 0 Å². The molecule has 3 aromatic rings. The minimum Gasteiger partial charge on any atom is -0.380 e. The fraction of sp³-hybridized carbons (Fsp3) is 0.0500. The predicted octanol–water partition coefficient (Wildman–Crippen LogP) is 5.03. The predicted molar refractivity (Wildman–Crippen MR) is 95.3 cm³/mol. The second-order valence-electron chi connectivity index (χ2n) is 5.24. The molecule has 3 rings (SSSR count). The molecule has 0 amide bonds. The Labute approximate surface area is 143 Å². The first-order valence-electron chi connectivity index (χ1n) is 7.29. The first-order valence-corrected chi connectivity index (χ1v) is 8.08. The van der Waals surface area contributed by atoms with Crippen LogP contribution in [0.25, 0.3) is 11.1 Å². The van der Waals surface area contributed by atoms with E-state index in [1.54, 1.807) is 18.2 Å². The maximum atomic E-state index is 12.6. The first-order chi connectivity index (χ1) is 11.2. The number of halogens is 1. The van der Waals surface area contributed by atoms with Crippen LogP contribution in [0.15, 0.2) is 83.3 Å². The van der Waals surface area contributed by atoms with Crippen LogP contribution in [-0.4, -0.2) is 10.9 Å². The minimum atomic E-state index is -1.18. The molecule has 23 heavy (non-hydrogen) atoms. The van der Waals surface area contributed by atoms with E-state index in [9.17, 15) is 9.90 Å². The third-order valence-electron chi connectivity index (χ3n) is 3.70. The van der Waals surface area contributed by atoms with Crippen LogP contribution < -0.4 is 0 Å². The summed E-state index contributed by atoms with van der Waals surface area (Å²) in [5.41, 5.74) is 3.06. The average molecular weight is 367 g/mol. The molecule has 2 nitrogen and oxygen atoms in total. The molecule has 0 radical (unpaired) electrons. The normalized spacial score (nSPS) is 11.9. The number of hydrogen-bond donors (Lipinski definition) is 1. The van der Waals surface area contributed by atoms with Gasteiger partial charge in [-0.15, -0.1) is 0 Å². The van der Waals surface area contributed by atoms with E-state index in [1.165, 1.54) is 0 Å². The highest BCUT2D eigenvalue weighted by molar-refractivity contribution is 9.10. The van der Waals surface area contributed by atoms with Crippen molar-refractivity contribution < 1.29 is 9.90 Å². The summed E-state index contributed by atoms with van der Waals surface area (Å²) in [5, 5.41) is 10.4. The summed E-state index contributed by atoms with van der Waals surface area (Å²) in [6, 6.07) is 24.4. The highest BCUT2D eigenvalue weighted by Crippen LogP contribution is 2.27. The van der Waals surface area contributed by atoms with Crippen LogP contribution in [0.3, 0.4) is 0 Å². The zero-order valence-electron chi connectivity index (χ0n) is 12.3. The van der Waals surface area contributed by atoms with E-state index >= 15 is 0 Å². The van der Waals surface area contributed by atoms with Crippen LogP contribution in [0.1, 0.15) is 22.0 Å². The Morgan fingerprint density at radius 1 is 0.826 bits per heavy atom. The van der Waals surface area contributed by atoms with E-state index in [1.807, 2.05) is 60.7 Å². The van der Waals surface area contributed by atoms with Crippen molar-refractivity contribution >= 4 is 21.7 Å².